The first-order chi connectivity index (χ1) is 13.7. The summed E-state index contributed by atoms with van der Waals surface area (Å²) in [7, 11) is 0. The number of aromatic nitrogens is 6. The van der Waals surface area contributed by atoms with Gasteiger partial charge in [0.25, 0.3) is 0 Å². The second-order valence-corrected chi connectivity index (χ2v) is 7.26. The van der Waals surface area contributed by atoms with Gasteiger partial charge in [0, 0.05) is 12.1 Å². The summed E-state index contributed by atoms with van der Waals surface area (Å²) in [4.78, 5) is 13.4. The van der Waals surface area contributed by atoms with Crippen LogP contribution in [0.1, 0.15) is 31.7 Å². The molecule has 4 aromatic rings. The molecular weight excluding hydrogens is 357 g/mol. The predicted octanol–water partition coefficient (Wildman–Crippen LogP) is 3.46. The predicted molar refractivity (Wildman–Crippen MR) is 104 cm³/mol. The Balaban J connectivity index is 1.74. The molecular formula is C20H20FN7. The molecule has 1 aliphatic rings. The molecule has 142 valence electrons. The Kier molecular flexibility index (Phi) is 4.12. The van der Waals surface area contributed by atoms with Crippen molar-refractivity contribution in [1.29, 1.82) is 0 Å². The van der Waals surface area contributed by atoms with E-state index in [1.54, 1.807) is 18.3 Å². The van der Waals surface area contributed by atoms with Gasteiger partial charge < -0.3 is 10.3 Å². The summed E-state index contributed by atoms with van der Waals surface area (Å²) in [5, 5.41) is 6.74. The topological polar surface area (TPSA) is 98.3 Å². The first kappa shape index (κ1) is 17.0. The molecule has 7 nitrogen and oxygen atoms in total. The van der Waals surface area contributed by atoms with Crippen molar-refractivity contribution in [2.24, 2.45) is 5.73 Å². The number of nitrogens with one attached hydrogen (secondary N) is 1. The van der Waals surface area contributed by atoms with Gasteiger partial charge in [0.1, 0.15) is 29.2 Å². The number of pyridine rings is 1. The summed E-state index contributed by atoms with van der Waals surface area (Å²) in [6, 6.07) is 8.98. The molecule has 8 heteroatoms. The number of nitrogens with two attached hydrogens (primary N) is 1. The maximum Gasteiger partial charge on any atom is 0.174 e. The Morgan fingerprint density at radius 2 is 2.07 bits per heavy atom. The molecule has 0 saturated heterocycles. The van der Waals surface area contributed by atoms with Crippen molar-refractivity contribution >= 4 is 11.0 Å². The van der Waals surface area contributed by atoms with E-state index < -0.39 is 0 Å². The Hall–Kier alpha value is -3.13. The number of hydrogen-bond donors (Lipinski definition) is 2. The minimum atomic E-state index is -0.289. The number of fused-ring (bicyclic) bond motifs is 1. The molecule has 3 aromatic heterocycles. The molecule has 1 fully saturated rings. The highest BCUT2D eigenvalue weighted by Gasteiger charge is 2.27. The van der Waals surface area contributed by atoms with Crippen molar-refractivity contribution in [1.82, 2.24) is 29.7 Å². The third kappa shape index (κ3) is 2.86. The van der Waals surface area contributed by atoms with Crippen LogP contribution in [0.3, 0.4) is 0 Å². The number of benzene rings is 1. The fourth-order valence-corrected chi connectivity index (χ4v) is 4.09. The van der Waals surface area contributed by atoms with E-state index in [1.165, 1.54) is 12.4 Å². The molecule has 3 N–H and O–H groups in total. The molecule has 0 aliphatic heterocycles. The van der Waals surface area contributed by atoms with Crippen LogP contribution in [0.5, 0.6) is 0 Å². The Morgan fingerprint density at radius 3 is 2.86 bits per heavy atom. The Labute approximate surface area is 160 Å². The van der Waals surface area contributed by atoms with Crippen molar-refractivity contribution in [2.75, 3.05) is 0 Å². The third-order valence-electron chi connectivity index (χ3n) is 5.40. The molecule has 0 spiro atoms. The summed E-state index contributed by atoms with van der Waals surface area (Å²) >= 11 is 0. The largest absolute Gasteiger partial charge is 0.328 e. The average Bonchev–Trinajstić information content (AvgIpc) is 3.36. The van der Waals surface area contributed by atoms with E-state index in [9.17, 15) is 4.39 Å². The molecule has 0 radical (unpaired) electrons. The highest BCUT2D eigenvalue weighted by atomic mass is 19.1. The van der Waals surface area contributed by atoms with Crippen molar-refractivity contribution in [2.45, 2.75) is 37.8 Å². The summed E-state index contributed by atoms with van der Waals surface area (Å²) in [5.41, 5.74) is 9.04. The number of imidazole rings is 1. The maximum absolute atomic E-state index is 14.6. The van der Waals surface area contributed by atoms with Crippen LogP contribution in [0.15, 0.2) is 42.9 Å². The van der Waals surface area contributed by atoms with Crippen LogP contribution in [0, 0.1) is 5.82 Å². The number of rotatable bonds is 3. The van der Waals surface area contributed by atoms with Crippen molar-refractivity contribution < 1.29 is 4.39 Å². The fraction of sp³-hybridized carbons (Fsp3) is 0.300. The number of aromatic amines is 1. The van der Waals surface area contributed by atoms with Crippen LogP contribution >= 0.6 is 0 Å². The maximum atomic E-state index is 14.6. The molecule has 1 saturated carbocycles. The molecule has 0 unspecified atom stereocenters. The van der Waals surface area contributed by atoms with Crippen LogP contribution in [0.25, 0.3) is 33.9 Å². The van der Waals surface area contributed by atoms with Gasteiger partial charge in [-0.15, -0.1) is 0 Å². The first-order valence-corrected chi connectivity index (χ1v) is 9.45. The quantitative estimate of drug-likeness (QED) is 0.570. The van der Waals surface area contributed by atoms with Crippen LogP contribution < -0.4 is 5.73 Å². The van der Waals surface area contributed by atoms with E-state index >= 15 is 0 Å². The van der Waals surface area contributed by atoms with E-state index in [0.29, 0.717) is 22.9 Å². The summed E-state index contributed by atoms with van der Waals surface area (Å²) in [6.07, 6.45) is 7.04. The molecule has 0 bridgehead atoms. The zero-order valence-electron chi connectivity index (χ0n) is 15.2. The zero-order chi connectivity index (χ0) is 19.1. The van der Waals surface area contributed by atoms with Gasteiger partial charge in [0.05, 0.1) is 17.3 Å². The summed E-state index contributed by atoms with van der Waals surface area (Å²) in [6.45, 7) is 0. The number of H-pyrrole nitrogens is 1. The van der Waals surface area contributed by atoms with Crippen LogP contribution in [-0.2, 0) is 0 Å². The second kappa shape index (κ2) is 6.79. The van der Waals surface area contributed by atoms with Crippen molar-refractivity contribution in [3.8, 4) is 22.9 Å². The molecule has 3 heterocycles. The summed E-state index contributed by atoms with van der Waals surface area (Å²) in [5.74, 6) is 0.911. The van der Waals surface area contributed by atoms with Gasteiger partial charge in [-0.1, -0.05) is 12.1 Å². The minimum absolute atomic E-state index is 0.139. The lowest BCUT2D eigenvalue weighted by Gasteiger charge is -2.29. The Bertz CT molecular complexity index is 1120. The normalized spacial score (nSPS) is 19.9. The van der Waals surface area contributed by atoms with Crippen LogP contribution in [-0.4, -0.2) is 35.8 Å². The van der Waals surface area contributed by atoms with E-state index in [-0.39, 0.29) is 17.9 Å². The van der Waals surface area contributed by atoms with Gasteiger partial charge in [-0.25, -0.2) is 14.4 Å². The van der Waals surface area contributed by atoms with Crippen molar-refractivity contribution in [3.05, 3.63) is 48.7 Å². The lowest BCUT2D eigenvalue weighted by Crippen LogP contribution is -2.29. The van der Waals surface area contributed by atoms with Gasteiger partial charge in [-0.2, -0.15) is 5.10 Å². The molecule has 1 aromatic carbocycles. The van der Waals surface area contributed by atoms with E-state index in [4.69, 9.17) is 10.7 Å². The lowest BCUT2D eigenvalue weighted by atomic mass is 9.91. The fourth-order valence-electron chi connectivity index (χ4n) is 4.09. The highest BCUT2D eigenvalue weighted by molar-refractivity contribution is 5.83. The highest BCUT2D eigenvalue weighted by Crippen LogP contribution is 2.36. The molecule has 5 rings (SSSR count). The lowest BCUT2D eigenvalue weighted by molar-refractivity contribution is 0.327. The van der Waals surface area contributed by atoms with Crippen LogP contribution in [0.2, 0.25) is 0 Å². The number of halogens is 1. The monoisotopic (exact) mass is 377 g/mol. The molecule has 1 aliphatic carbocycles. The van der Waals surface area contributed by atoms with Crippen LogP contribution in [0.4, 0.5) is 4.39 Å². The standard InChI is InChI=1S/C20H20FN7/c21-15-7-2-1-6-14(15)20-26-17-10-23-16(19-24-11-25-27-19)9-18(17)28(20)13-5-3-4-12(22)8-13/h1-2,6-7,9-13H,3-5,8,22H2,(H,24,25,27)/t12-,13+/m0/s1. The van der Waals surface area contributed by atoms with E-state index in [1.807, 2.05) is 12.1 Å². The van der Waals surface area contributed by atoms with Gasteiger partial charge in [-0.3, -0.25) is 10.1 Å². The van der Waals surface area contributed by atoms with Gasteiger partial charge in [-0.05, 0) is 43.9 Å². The third-order valence-corrected chi connectivity index (χ3v) is 5.40. The molecule has 28 heavy (non-hydrogen) atoms. The first-order valence-electron chi connectivity index (χ1n) is 9.45. The summed E-state index contributed by atoms with van der Waals surface area (Å²) < 4.78 is 16.7. The van der Waals surface area contributed by atoms with E-state index in [2.05, 4.69) is 24.7 Å². The minimum Gasteiger partial charge on any atom is -0.328 e. The number of nitrogens with zero attached hydrogens (tertiary/aromatic N) is 5. The van der Waals surface area contributed by atoms with Gasteiger partial charge >= 0.3 is 0 Å². The van der Waals surface area contributed by atoms with Crippen molar-refractivity contribution in [3.63, 3.8) is 0 Å². The molecule has 0 amide bonds. The SMILES string of the molecule is N[C@H]1CCC[C@@H](n2c(-c3ccccc3F)nc3cnc(-c4ncn[nH]4)cc32)C1. The molecule has 2 atom stereocenters. The Morgan fingerprint density at radius 1 is 1.18 bits per heavy atom. The van der Waals surface area contributed by atoms with E-state index in [0.717, 1.165) is 36.7 Å². The average molecular weight is 377 g/mol. The zero-order valence-corrected chi connectivity index (χ0v) is 15.2. The second-order valence-electron chi connectivity index (χ2n) is 7.26. The van der Waals surface area contributed by atoms with Gasteiger partial charge in [0.2, 0.25) is 0 Å². The van der Waals surface area contributed by atoms with Gasteiger partial charge in [0.15, 0.2) is 5.82 Å². The number of hydrogen-bond acceptors (Lipinski definition) is 5. The smallest absolute Gasteiger partial charge is 0.174 e.